The van der Waals surface area contributed by atoms with Crippen LogP contribution in [0.4, 0.5) is 0 Å². The van der Waals surface area contributed by atoms with E-state index in [1.54, 1.807) is 18.2 Å². The fourth-order valence-electron chi connectivity index (χ4n) is 1.81. The minimum absolute atomic E-state index is 0.0797. The summed E-state index contributed by atoms with van der Waals surface area (Å²) in [5, 5.41) is 18.1. The van der Waals surface area contributed by atoms with E-state index in [2.05, 4.69) is 26.8 Å². The molecule has 0 aliphatic carbocycles. The maximum Gasteiger partial charge on any atom is 0.138 e. The van der Waals surface area contributed by atoms with Crippen molar-refractivity contribution in [2.75, 3.05) is 0 Å². The number of nitrogens with zero attached hydrogens (tertiary/aromatic N) is 2. The first-order chi connectivity index (χ1) is 8.63. The molecule has 0 heterocycles. The molecule has 0 aromatic heterocycles. The summed E-state index contributed by atoms with van der Waals surface area (Å²) < 4.78 is 5.91. The third-order valence-electron chi connectivity index (χ3n) is 2.85. The summed E-state index contributed by atoms with van der Waals surface area (Å²) in [5.41, 5.74) is 0.704. The van der Waals surface area contributed by atoms with Crippen LogP contribution in [0.3, 0.4) is 0 Å². The van der Waals surface area contributed by atoms with Crippen molar-refractivity contribution in [1.82, 2.24) is 0 Å². The van der Waals surface area contributed by atoms with Crippen molar-refractivity contribution in [3.63, 3.8) is 0 Å². The van der Waals surface area contributed by atoms with Crippen LogP contribution in [0.2, 0.25) is 0 Å². The van der Waals surface area contributed by atoms with Crippen LogP contribution in [0.1, 0.15) is 44.7 Å². The molecule has 0 amide bonds. The topological polar surface area (TPSA) is 56.8 Å². The van der Waals surface area contributed by atoms with Crippen LogP contribution in [-0.4, -0.2) is 6.10 Å². The Morgan fingerprint density at radius 3 is 2.44 bits per heavy atom. The highest BCUT2D eigenvalue weighted by Crippen LogP contribution is 2.25. The van der Waals surface area contributed by atoms with Gasteiger partial charge >= 0.3 is 0 Å². The van der Waals surface area contributed by atoms with Crippen LogP contribution in [0.15, 0.2) is 18.2 Å². The van der Waals surface area contributed by atoms with Gasteiger partial charge in [-0.25, -0.2) is 0 Å². The molecule has 94 valence electrons. The van der Waals surface area contributed by atoms with Crippen LogP contribution < -0.4 is 4.74 Å². The second-order valence-corrected chi connectivity index (χ2v) is 4.59. The lowest BCUT2D eigenvalue weighted by molar-refractivity contribution is 0.140. The molecule has 0 aliphatic heterocycles. The van der Waals surface area contributed by atoms with Crippen molar-refractivity contribution in [1.29, 1.82) is 10.5 Å². The smallest absolute Gasteiger partial charge is 0.138 e. The Kier molecular flexibility index (Phi) is 5.21. The summed E-state index contributed by atoms with van der Waals surface area (Å²) in [5.74, 6) is 0.894. The normalized spacial score (nSPS) is 11.7. The predicted molar refractivity (Wildman–Crippen MR) is 70.0 cm³/mol. The second-order valence-electron chi connectivity index (χ2n) is 4.59. The lowest BCUT2D eigenvalue weighted by Crippen LogP contribution is -2.23. The zero-order chi connectivity index (χ0) is 13.5. The van der Waals surface area contributed by atoms with Crippen LogP contribution in [0.5, 0.6) is 5.75 Å². The fourth-order valence-corrected chi connectivity index (χ4v) is 1.81. The van der Waals surface area contributed by atoms with E-state index in [0.717, 1.165) is 12.8 Å². The molecule has 1 aromatic rings. The number of ether oxygens (including phenoxy) is 1. The quantitative estimate of drug-likeness (QED) is 0.792. The van der Waals surface area contributed by atoms with Crippen molar-refractivity contribution in [2.24, 2.45) is 5.92 Å². The van der Waals surface area contributed by atoms with Crippen LogP contribution in [-0.2, 0) is 0 Å². The summed E-state index contributed by atoms with van der Waals surface area (Å²) in [6, 6.07) is 9.21. The van der Waals surface area contributed by atoms with E-state index in [1.165, 1.54) is 0 Å². The molecular formula is C15H18N2O. The van der Waals surface area contributed by atoms with E-state index < -0.39 is 0 Å². The maximum absolute atomic E-state index is 9.13. The lowest BCUT2D eigenvalue weighted by atomic mass is 10.0. The van der Waals surface area contributed by atoms with Gasteiger partial charge in [-0.2, -0.15) is 10.5 Å². The standard InChI is InChI=1S/C15H18N2O/c1-4-6-14(11(2)3)18-15-8-5-7-12(9-16)13(15)10-17/h5,7-8,11,14H,4,6H2,1-3H3. The Labute approximate surface area is 109 Å². The van der Waals surface area contributed by atoms with E-state index in [-0.39, 0.29) is 6.10 Å². The molecule has 1 aromatic carbocycles. The van der Waals surface area contributed by atoms with Gasteiger partial charge in [0.25, 0.3) is 0 Å². The molecule has 18 heavy (non-hydrogen) atoms. The van der Waals surface area contributed by atoms with Gasteiger partial charge in [0.2, 0.25) is 0 Å². The summed E-state index contributed by atoms with van der Waals surface area (Å²) in [7, 11) is 0. The van der Waals surface area contributed by atoms with Crippen molar-refractivity contribution < 1.29 is 4.74 Å². The molecule has 0 spiro atoms. The van der Waals surface area contributed by atoms with Gasteiger partial charge in [0.05, 0.1) is 5.56 Å². The molecule has 0 radical (unpaired) electrons. The Morgan fingerprint density at radius 2 is 1.94 bits per heavy atom. The molecular weight excluding hydrogens is 224 g/mol. The van der Waals surface area contributed by atoms with Crippen molar-refractivity contribution in [3.8, 4) is 17.9 Å². The average Bonchev–Trinajstić information content (AvgIpc) is 2.37. The zero-order valence-electron chi connectivity index (χ0n) is 11.1. The van der Waals surface area contributed by atoms with Gasteiger partial charge in [-0.15, -0.1) is 0 Å². The molecule has 0 N–H and O–H groups in total. The average molecular weight is 242 g/mol. The first-order valence-corrected chi connectivity index (χ1v) is 6.23. The van der Waals surface area contributed by atoms with Gasteiger partial charge in [0.1, 0.15) is 29.6 Å². The molecule has 0 saturated heterocycles. The number of rotatable bonds is 5. The minimum atomic E-state index is 0.0797. The highest BCUT2D eigenvalue weighted by molar-refractivity contribution is 5.53. The molecule has 0 fully saturated rings. The maximum atomic E-state index is 9.13. The lowest BCUT2D eigenvalue weighted by Gasteiger charge is -2.22. The Bertz CT molecular complexity index is 480. The molecule has 0 bridgehead atoms. The highest BCUT2D eigenvalue weighted by Gasteiger charge is 2.17. The predicted octanol–water partition coefficient (Wildman–Crippen LogP) is 3.63. The Morgan fingerprint density at radius 1 is 1.22 bits per heavy atom. The summed E-state index contributed by atoms with van der Waals surface area (Å²) in [4.78, 5) is 0. The van der Waals surface area contributed by atoms with E-state index in [4.69, 9.17) is 15.3 Å². The van der Waals surface area contributed by atoms with Gasteiger partial charge in [-0.3, -0.25) is 0 Å². The van der Waals surface area contributed by atoms with Crippen LogP contribution >= 0.6 is 0 Å². The molecule has 3 nitrogen and oxygen atoms in total. The first-order valence-electron chi connectivity index (χ1n) is 6.23. The van der Waals surface area contributed by atoms with Crippen LogP contribution in [0.25, 0.3) is 0 Å². The van der Waals surface area contributed by atoms with Gasteiger partial charge in [0, 0.05) is 0 Å². The molecule has 3 heteroatoms. The molecule has 0 saturated carbocycles. The third kappa shape index (κ3) is 3.25. The highest BCUT2D eigenvalue weighted by atomic mass is 16.5. The SMILES string of the molecule is CCCC(Oc1cccc(C#N)c1C#N)C(C)C. The number of benzene rings is 1. The summed E-state index contributed by atoms with van der Waals surface area (Å²) in [6.45, 7) is 6.30. The molecule has 0 aliphatic rings. The number of hydrogen-bond acceptors (Lipinski definition) is 3. The van der Waals surface area contributed by atoms with Gasteiger partial charge < -0.3 is 4.74 Å². The monoisotopic (exact) mass is 242 g/mol. The van der Waals surface area contributed by atoms with Crippen molar-refractivity contribution >= 4 is 0 Å². The number of hydrogen-bond donors (Lipinski definition) is 0. The summed E-state index contributed by atoms with van der Waals surface area (Å²) >= 11 is 0. The largest absolute Gasteiger partial charge is 0.489 e. The molecule has 1 rings (SSSR count). The third-order valence-corrected chi connectivity index (χ3v) is 2.85. The van der Waals surface area contributed by atoms with Gasteiger partial charge in [0.15, 0.2) is 0 Å². The number of nitriles is 2. The van der Waals surface area contributed by atoms with E-state index in [9.17, 15) is 0 Å². The summed E-state index contributed by atoms with van der Waals surface area (Å²) in [6.07, 6.45) is 2.05. The van der Waals surface area contributed by atoms with E-state index in [1.807, 2.05) is 6.07 Å². The first kappa shape index (κ1) is 14.1. The van der Waals surface area contributed by atoms with Crippen LogP contribution in [0, 0.1) is 28.6 Å². The zero-order valence-corrected chi connectivity index (χ0v) is 11.1. The minimum Gasteiger partial charge on any atom is -0.489 e. The van der Waals surface area contributed by atoms with Crippen molar-refractivity contribution in [2.45, 2.75) is 39.7 Å². The van der Waals surface area contributed by atoms with Gasteiger partial charge in [-0.05, 0) is 24.5 Å². The van der Waals surface area contributed by atoms with E-state index in [0.29, 0.717) is 22.8 Å². The molecule has 1 unspecified atom stereocenters. The van der Waals surface area contributed by atoms with Gasteiger partial charge in [-0.1, -0.05) is 33.3 Å². The fraction of sp³-hybridized carbons (Fsp3) is 0.467. The molecule has 1 atom stereocenters. The Balaban J connectivity index is 3.04. The Hall–Kier alpha value is -2.00. The second kappa shape index (κ2) is 6.67. The van der Waals surface area contributed by atoms with Crippen molar-refractivity contribution in [3.05, 3.63) is 29.3 Å². The van der Waals surface area contributed by atoms with E-state index >= 15 is 0 Å².